The molecule has 0 heterocycles. The Balaban J connectivity index is 1.31. The minimum atomic E-state index is -0.536. The van der Waals surface area contributed by atoms with Gasteiger partial charge in [0.25, 0.3) is 5.91 Å². The van der Waals surface area contributed by atoms with Crippen LogP contribution >= 0.6 is 11.6 Å². The number of rotatable bonds is 10. The molecule has 198 valence electrons. The maximum absolute atomic E-state index is 12.5. The lowest BCUT2D eigenvalue weighted by molar-refractivity contribution is 0.0729. The van der Waals surface area contributed by atoms with Crippen molar-refractivity contribution in [2.24, 2.45) is 5.10 Å². The molecule has 9 heteroatoms. The summed E-state index contributed by atoms with van der Waals surface area (Å²) in [4.78, 5) is 24.9. The summed E-state index contributed by atoms with van der Waals surface area (Å²) in [6.07, 6.45) is 1.46. The van der Waals surface area contributed by atoms with E-state index in [-0.39, 0.29) is 11.7 Å². The largest absolute Gasteiger partial charge is 0.497 e. The maximum atomic E-state index is 12.5. The Morgan fingerprint density at radius 2 is 1.46 bits per heavy atom. The molecule has 4 aromatic rings. The molecule has 0 unspecified atom stereocenters. The highest BCUT2D eigenvalue weighted by atomic mass is 35.5. The van der Waals surface area contributed by atoms with Crippen molar-refractivity contribution in [2.45, 2.75) is 6.61 Å². The number of methoxy groups -OCH3 is 2. The van der Waals surface area contributed by atoms with Crippen LogP contribution in [-0.4, -0.2) is 32.3 Å². The lowest BCUT2D eigenvalue weighted by Crippen LogP contribution is -2.17. The molecule has 0 aliphatic carbocycles. The molecule has 4 rings (SSSR count). The topological polar surface area (TPSA) is 95.5 Å². The van der Waals surface area contributed by atoms with E-state index in [1.807, 2.05) is 12.1 Å². The molecule has 0 bridgehead atoms. The van der Waals surface area contributed by atoms with Gasteiger partial charge in [0.05, 0.1) is 26.0 Å². The highest BCUT2D eigenvalue weighted by molar-refractivity contribution is 6.30. The van der Waals surface area contributed by atoms with Crippen molar-refractivity contribution in [3.63, 3.8) is 0 Å². The molecule has 8 nitrogen and oxygen atoms in total. The Bertz CT molecular complexity index is 1450. The van der Waals surface area contributed by atoms with Gasteiger partial charge in [-0.25, -0.2) is 10.2 Å². The highest BCUT2D eigenvalue weighted by Crippen LogP contribution is 2.28. The van der Waals surface area contributed by atoms with Gasteiger partial charge < -0.3 is 18.9 Å². The quantitative estimate of drug-likeness (QED) is 0.115. The molecular weight excluding hydrogens is 520 g/mol. The SMILES string of the molecule is COc1ccc(C(=O)Oc2ccc(/C=N\NC(=O)c3ccc(OCc4ccc(Cl)cc4)cc3)cc2OC)cc1. The van der Waals surface area contributed by atoms with Crippen LogP contribution in [0.4, 0.5) is 0 Å². The van der Waals surface area contributed by atoms with Crippen LogP contribution in [0.25, 0.3) is 0 Å². The number of carbonyl (C=O) groups excluding carboxylic acids is 2. The third-order valence-corrected chi connectivity index (χ3v) is 5.78. The molecule has 0 fully saturated rings. The fourth-order valence-corrected chi connectivity index (χ4v) is 3.54. The first-order valence-electron chi connectivity index (χ1n) is 11.8. The number of halogens is 1. The van der Waals surface area contributed by atoms with E-state index in [9.17, 15) is 9.59 Å². The molecule has 4 aromatic carbocycles. The summed E-state index contributed by atoms with van der Waals surface area (Å²) in [5.41, 5.74) is 4.88. The lowest BCUT2D eigenvalue weighted by atomic mass is 10.2. The molecule has 0 aromatic heterocycles. The molecule has 39 heavy (non-hydrogen) atoms. The zero-order valence-corrected chi connectivity index (χ0v) is 22.0. The van der Waals surface area contributed by atoms with E-state index < -0.39 is 5.97 Å². The van der Waals surface area contributed by atoms with Crippen LogP contribution in [0.5, 0.6) is 23.0 Å². The summed E-state index contributed by atoms with van der Waals surface area (Å²) in [5.74, 6) is 0.929. The first-order valence-corrected chi connectivity index (χ1v) is 12.2. The van der Waals surface area contributed by atoms with Gasteiger partial charge in [0.1, 0.15) is 18.1 Å². The van der Waals surface area contributed by atoms with Crippen LogP contribution in [0, 0.1) is 0 Å². The van der Waals surface area contributed by atoms with Gasteiger partial charge in [-0.2, -0.15) is 5.10 Å². The first-order chi connectivity index (χ1) is 18.9. The van der Waals surface area contributed by atoms with E-state index in [1.165, 1.54) is 13.3 Å². The third-order valence-electron chi connectivity index (χ3n) is 5.53. The predicted octanol–water partition coefficient (Wildman–Crippen LogP) is 5.92. The number of hydrazone groups is 1. The van der Waals surface area contributed by atoms with E-state index >= 15 is 0 Å². The number of esters is 1. The Morgan fingerprint density at radius 1 is 0.795 bits per heavy atom. The predicted molar refractivity (Wildman–Crippen MR) is 148 cm³/mol. The summed E-state index contributed by atoms with van der Waals surface area (Å²) in [6, 6.07) is 25.6. The van der Waals surface area contributed by atoms with Crippen molar-refractivity contribution >= 4 is 29.7 Å². The molecule has 0 saturated heterocycles. The van der Waals surface area contributed by atoms with Crippen molar-refractivity contribution in [2.75, 3.05) is 14.2 Å². The van der Waals surface area contributed by atoms with Crippen LogP contribution in [-0.2, 0) is 6.61 Å². The van der Waals surface area contributed by atoms with Crippen molar-refractivity contribution in [3.8, 4) is 23.0 Å². The van der Waals surface area contributed by atoms with Gasteiger partial charge in [0, 0.05) is 10.6 Å². The normalized spacial score (nSPS) is 10.6. The lowest BCUT2D eigenvalue weighted by Gasteiger charge is -2.10. The zero-order valence-electron chi connectivity index (χ0n) is 21.2. The number of hydrogen-bond acceptors (Lipinski definition) is 7. The van der Waals surface area contributed by atoms with Crippen molar-refractivity contribution < 1.29 is 28.5 Å². The second-order valence-electron chi connectivity index (χ2n) is 8.17. The standard InChI is InChI=1S/C30H25ClN2O6/c1-36-25-12-8-23(9-13-25)30(35)39-27-16-5-21(17-28(27)37-2)18-32-33-29(34)22-6-14-26(15-7-22)38-19-20-3-10-24(31)11-4-20/h3-18H,19H2,1-2H3,(H,33,34)/b32-18-. The molecule has 1 amide bonds. The fraction of sp³-hybridized carbons (Fsp3) is 0.100. The summed E-state index contributed by atoms with van der Waals surface area (Å²) < 4.78 is 21.7. The number of amides is 1. The van der Waals surface area contributed by atoms with Gasteiger partial charge in [-0.3, -0.25) is 4.79 Å². The van der Waals surface area contributed by atoms with Crippen LogP contribution in [0.2, 0.25) is 5.02 Å². The molecule has 0 spiro atoms. The van der Waals surface area contributed by atoms with Gasteiger partial charge in [0.15, 0.2) is 11.5 Å². The molecular formula is C30H25ClN2O6. The average molecular weight is 545 g/mol. The minimum Gasteiger partial charge on any atom is -0.497 e. The number of ether oxygens (including phenoxy) is 4. The molecule has 0 aliphatic rings. The Morgan fingerprint density at radius 3 is 2.13 bits per heavy atom. The van der Waals surface area contributed by atoms with Crippen molar-refractivity contribution in [3.05, 3.63) is 118 Å². The Labute approximate surface area is 230 Å². The second kappa shape index (κ2) is 13.1. The number of nitrogens with one attached hydrogen (secondary N) is 1. The van der Waals surface area contributed by atoms with Crippen LogP contribution < -0.4 is 24.4 Å². The molecule has 0 saturated carbocycles. The Kier molecular flexibility index (Phi) is 9.16. The summed E-state index contributed by atoms with van der Waals surface area (Å²) in [5, 5.41) is 4.68. The Hall–Kier alpha value is -4.82. The number of benzene rings is 4. The number of nitrogens with zero attached hydrogens (tertiary/aromatic N) is 1. The molecule has 1 N–H and O–H groups in total. The molecule has 0 aliphatic heterocycles. The monoisotopic (exact) mass is 544 g/mol. The summed E-state index contributed by atoms with van der Waals surface area (Å²) in [7, 11) is 3.01. The fourth-order valence-electron chi connectivity index (χ4n) is 3.41. The van der Waals surface area contributed by atoms with Crippen molar-refractivity contribution in [1.82, 2.24) is 5.43 Å². The first kappa shape index (κ1) is 27.2. The number of carbonyl (C=O) groups is 2. The van der Waals surface area contributed by atoms with Gasteiger partial charge in [0.2, 0.25) is 0 Å². The molecule has 0 radical (unpaired) electrons. The van der Waals surface area contributed by atoms with Crippen LogP contribution in [0.1, 0.15) is 31.8 Å². The van der Waals surface area contributed by atoms with Gasteiger partial charge >= 0.3 is 5.97 Å². The van der Waals surface area contributed by atoms with E-state index in [1.54, 1.807) is 86.0 Å². The van der Waals surface area contributed by atoms with E-state index in [0.29, 0.717) is 45.6 Å². The second-order valence-corrected chi connectivity index (χ2v) is 8.60. The summed E-state index contributed by atoms with van der Waals surface area (Å²) in [6.45, 7) is 0.385. The van der Waals surface area contributed by atoms with E-state index in [2.05, 4.69) is 10.5 Å². The third kappa shape index (κ3) is 7.59. The van der Waals surface area contributed by atoms with Gasteiger partial charge in [-0.1, -0.05) is 23.7 Å². The van der Waals surface area contributed by atoms with Crippen LogP contribution in [0.3, 0.4) is 0 Å². The highest BCUT2D eigenvalue weighted by Gasteiger charge is 2.13. The smallest absolute Gasteiger partial charge is 0.343 e. The average Bonchev–Trinajstić information content (AvgIpc) is 2.97. The van der Waals surface area contributed by atoms with Crippen LogP contribution in [0.15, 0.2) is 96.1 Å². The van der Waals surface area contributed by atoms with E-state index in [4.69, 9.17) is 30.5 Å². The van der Waals surface area contributed by atoms with Crippen molar-refractivity contribution in [1.29, 1.82) is 0 Å². The minimum absolute atomic E-state index is 0.248. The zero-order chi connectivity index (χ0) is 27.6. The molecule has 0 atom stereocenters. The number of hydrogen-bond donors (Lipinski definition) is 1. The maximum Gasteiger partial charge on any atom is 0.343 e. The van der Waals surface area contributed by atoms with E-state index in [0.717, 1.165) is 5.56 Å². The van der Waals surface area contributed by atoms with Gasteiger partial charge in [-0.15, -0.1) is 0 Å². The van der Waals surface area contributed by atoms with Gasteiger partial charge in [-0.05, 0) is 90.0 Å². The summed E-state index contributed by atoms with van der Waals surface area (Å²) >= 11 is 5.90.